The van der Waals surface area contributed by atoms with Crippen molar-refractivity contribution in [3.63, 3.8) is 0 Å². The minimum absolute atomic E-state index is 0.764. The zero-order valence-corrected chi connectivity index (χ0v) is 8.24. The van der Waals surface area contributed by atoms with Crippen LogP contribution in [0.15, 0.2) is 48.2 Å². The van der Waals surface area contributed by atoms with Crippen molar-refractivity contribution in [2.75, 3.05) is 0 Å². The lowest BCUT2D eigenvalue weighted by molar-refractivity contribution is 0.476. The Bertz CT molecular complexity index is 420. The van der Waals surface area contributed by atoms with E-state index in [1.165, 1.54) is 11.3 Å². The van der Waals surface area contributed by atoms with Crippen LogP contribution in [0.4, 0.5) is 0 Å². The molecule has 0 atom stereocenters. The second-order valence-electron chi connectivity index (χ2n) is 2.75. The maximum Gasteiger partial charge on any atom is 0.126 e. The van der Waals surface area contributed by atoms with Gasteiger partial charge in [0.25, 0.3) is 0 Å². The normalized spacial score (nSPS) is 11.6. The van der Waals surface area contributed by atoms with Crippen LogP contribution < -0.4 is 0 Å². The molecule has 0 aliphatic rings. The van der Waals surface area contributed by atoms with Gasteiger partial charge in [-0.1, -0.05) is 30.3 Å². The Morgan fingerprint density at radius 1 is 1.29 bits per heavy atom. The second kappa shape index (κ2) is 4.07. The van der Waals surface area contributed by atoms with Gasteiger partial charge in [0, 0.05) is 11.6 Å². The first kappa shape index (κ1) is 8.97. The van der Waals surface area contributed by atoms with E-state index in [9.17, 15) is 0 Å². The van der Waals surface area contributed by atoms with Crippen LogP contribution in [0.25, 0.3) is 5.57 Å². The third-order valence-corrected chi connectivity index (χ3v) is 2.68. The Morgan fingerprint density at radius 2 is 2.07 bits per heavy atom. The van der Waals surface area contributed by atoms with Crippen LogP contribution >= 0.6 is 11.3 Å². The molecule has 1 aromatic carbocycles. The van der Waals surface area contributed by atoms with Gasteiger partial charge in [-0.15, -0.1) is 11.3 Å². The molecule has 0 spiro atoms. The van der Waals surface area contributed by atoms with E-state index in [0.717, 1.165) is 22.4 Å². The molecule has 0 unspecified atom stereocenters. The molecule has 0 saturated heterocycles. The van der Waals surface area contributed by atoms with Gasteiger partial charge in [0.2, 0.25) is 0 Å². The lowest BCUT2D eigenvalue weighted by Crippen LogP contribution is -1.85. The van der Waals surface area contributed by atoms with Gasteiger partial charge in [-0.25, -0.2) is 4.98 Å². The molecule has 1 N–H and O–H groups in total. The van der Waals surface area contributed by atoms with Crippen LogP contribution in [0.3, 0.4) is 0 Å². The molecule has 2 rings (SSSR count). The van der Waals surface area contributed by atoms with Crippen molar-refractivity contribution in [1.29, 1.82) is 0 Å². The smallest absolute Gasteiger partial charge is 0.126 e. The highest BCUT2D eigenvalue weighted by Gasteiger charge is 2.06. The standard InChI is InChI=1S/C11H9NOS/c13-8-10(11-12-6-7-14-11)9-4-2-1-3-5-9/h1-8,13H. The molecule has 0 bridgehead atoms. The molecule has 70 valence electrons. The van der Waals surface area contributed by atoms with Gasteiger partial charge < -0.3 is 5.11 Å². The summed E-state index contributed by atoms with van der Waals surface area (Å²) >= 11 is 1.51. The van der Waals surface area contributed by atoms with Crippen LogP contribution in [-0.4, -0.2) is 10.1 Å². The maximum absolute atomic E-state index is 9.16. The Hall–Kier alpha value is -1.61. The zero-order valence-electron chi connectivity index (χ0n) is 7.42. The second-order valence-corrected chi connectivity index (χ2v) is 3.64. The summed E-state index contributed by atoms with van der Waals surface area (Å²) in [4.78, 5) is 4.15. The van der Waals surface area contributed by atoms with Crippen LogP contribution in [0.5, 0.6) is 0 Å². The van der Waals surface area contributed by atoms with Crippen LogP contribution in [0.2, 0.25) is 0 Å². The van der Waals surface area contributed by atoms with Gasteiger partial charge in [-0.05, 0) is 5.56 Å². The van der Waals surface area contributed by atoms with Crippen LogP contribution in [-0.2, 0) is 0 Å². The molecule has 1 aromatic heterocycles. The summed E-state index contributed by atoms with van der Waals surface area (Å²) in [6.07, 6.45) is 2.83. The number of nitrogens with zero attached hydrogens (tertiary/aromatic N) is 1. The number of hydrogen-bond acceptors (Lipinski definition) is 3. The SMILES string of the molecule is OC=C(c1ccccc1)c1nccs1. The lowest BCUT2D eigenvalue weighted by Gasteiger charge is -2.01. The van der Waals surface area contributed by atoms with Gasteiger partial charge in [-0.3, -0.25) is 0 Å². The first-order chi connectivity index (χ1) is 6.92. The van der Waals surface area contributed by atoms with Gasteiger partial charge in [0.05, 0.1) is 11.8 Å². The molecule has 0 aliphatic heterocycles. The molecule has 0 amide bonds. The largest absolute Gasteiger partial charge is 0.515 e. The summed E-state index contributed by atoms with van der Waals surface area (Å²) in [7, 11) is 0. The predicted molar refractivity (Wildman–Crippen MR) is 58.3 cm³/mol. The van der Waals surface area contributed by atoms with Crippen molar-refractivity contribution in [2.45, 2.75) is 0 Å². The minimum Gasteiger partial charge on any atom is -0.515 e. The van der Waals surface area contributed by atoms with Crippen molar-refractivity contribution >= 4 is 16.9 Å². The van der Waals surface area contributed by atoms with E-state index < -0.39 is 0 Å². The molecule has 0 saturated carbocycles. The number of aliphatic hydroxyl groups is 1. The third-order valence-electron chi connectivity index (χ3n) is 1.88. The van der Waals surface area contributed by atoms with E-state index in [4.69, 9.17) is 5.11 Å². The molecule has 0 fully saturated rings. The van der Waals surface area contributed by atoms with Crippen molar-refractivity contribution in [3.05, 3.63) is 58.7 Å². The van der Waals surface area contributed by atoms with Gasteiger partial charge >= 0.3 is 0 Å². The quantitative estimate of drug-likeness (QED) is 0.761. The van der Waals surface area contributed by atoms with Crippen molar-refractivity contribution < 1.29 is 5.11 Å². The van der Waals surface area contributed by atoms with Gasteiger partial charge in [0.15, 0.2) is 0 Å². The first-order valence-corrected chi connectivity index (χ1v) is 5.09. The molecule has 2 nitrogen and oxygen atoms in total. The summed E-state index contributed by atoms with van der Waals surface area (Å²) in [5, 5.41) is 11.9. The van der Waals surface area contributed by atoms with E-state index in [1.807, 2.05) is 35.7 Å². The van der Waals surface area contributed by atoms with E-state index in [1.54, 1.807) is 6.20 Å². The minimum atomic E-state index is 0.764. The van der Waals surface area contributed by atoms with E-state index in [-0.39, 0.29) is 0 Å². The summed E-state index contributed by atoms with van der Waals surface area (Å²) < 4.78 is 0. The molecule has 3 heteroatoms. The van der Waals surface area contributed by atoms with E-state index in [2.05, 4.69) is 4.98 Å². The van der Waals surface area contributed by atoms with Crippen molar-refractivity contribution in [3.8, 4) is 0 Å². The molecule has 14 heavy (non-hydrogen) atoms. The molecule has 2 aromatic rings. The van der Waals surface area contributed by atoms with Gasteiger partial charge in [0.1, 0.15) is 5.01 Å². The molecular formula is C11H9NOS. The first-order valence-electron chi connectivity index (χ1n) is 4.21. The molecule has 0 aliphatic carbocycles. The number of rotatable bonds is 2. The predicted octanol–water partition coefficient (Wildman–Crippen LogP) is 3.09. The van der Waals surface area contributed by atoms with Gasteiger partial charge in [-0.2, -0.15) is 0 Å². The van der Waals surface area contributed by atoms with E-state index >= 15 is 0 Å². The number of aromatic nitrogens is 1. The summed E-state index contributed by atoms with van der Waals surface area (Å²) in [5.74, 6) is 0. The molecule has 1 heterocycles. The summed E-state index contributed by atoms with van der Waals surface area (Å²) in [5.41, 5.74) is 1.74. The Labute approximate surface area is 86.2 Å². The fourth-order valence-electron chi connectivity index (χ4n) is 1.23. The number of aliphatic hydroxyl groups excluding tert-OH is 1. The number of benzene rings is 1. The Balaban J connectivity index is 2.43. The van der Waals surface area contributed by atoms with Crippen molar-refractivity contribution in [1.82, 2.24) is 4.98 Å². The maximum atomic E-state index is 9.16. The zero-order chi connectivity index (χ0) is 9.80. The average Bonchev–Trinajstić information content (AvgIpc) is 2.74. The topological polar surface area (TPSA) is 33.1 Å². The molecule has 0 radical (unpaired) electrons. The number of thiazole rings is 1. The summed E-state index contributed by atoms with van der Waals surface area (Å²) in [6, 6.07) is 9.71. The Kier molecular flexibility index (Phi) is 2.60. The fraction of sp³-hybridized carbons (Fsp3) is 0. The van der Waals surface area contributed by atoms with Crippen molar-refractivity contribution in [2.24, 2.45) is 0 Å². The third kappa shape index (κ3) is 1.67. The highest BCUT2D eigenvalue weighted by Crippen LogP contribution is 2.23. The van der Waals surface area contributed by atoms with E-state index in [0.29, 0.717) is 0 Å². The van der Waals surface area contributed by atoms with Crippen LogP contribution in [0.1, 0.15) is 10.6 Å². The molecular weight excluding hydrogens is 194 g/mol. The summed E-state index contributed by atoms with van der Waals surface area (Å²) in [6.45, 7) is 0. The highest BCUT2D eigenvalue weighted by molar-refractivity contribution is 7.10. The average molecular weight is 203 g/mol. The fourth-order valence-corrected chi connectivity index (χ4v) is 1.90. The lowest BCUT2D eigenvalue weighted by atomic mass is 10.1. The number of hydrogen-bond donors (Lipinski definition) is 1. The Morgan fingerprint density at radius 3 is 2.64 bits per heavy atom. The monoisotopic (exact) mass is 203 g/mol. The highest BCUT2D eigenvalue weighted by atomic mass is 32.1. The van der Waals surface area contributed by atoms with Crippen LogP contribution in [0, 0.1) is 0 Å².